The SMILES string of the molecule is O=Cc1cc(Br)c(O)c(Cl)c1O. The highest BCUT2D eigenvalue weighted by molar-refractivity contribution is 9.10. The van der Waals surface area contributed by atoms with Crippen molar-refractivity contribution in [3.8, 4) is 11.5 Å². The van der Waals surface area contributed by atoms with Crippen molar-refractivity contribution in [3.05, 3.63) is 21.1 Å². The number of hydrogen-bond acceptors (Lipinski definition) is 3. The van der Waals surface area contributed by atoms with Crippen LogP contribution < -0.4 is 0 Å². The molecule has 0 spiro atoms. The van der Waals surface area contributed by atoms with Gasteiger partial charge < -0.3 is 10.2 Å². The number of hydrogen-bond donors (Lipinski definition) is 2. The second kappa shape index (κ2) is 3.33. The number of rotatable bonds is 1. The molecule has 0 saturated carbocycles. The van der Waals surface area contributed by atoms with E-state index in [-0.39, 0.29) is 20.8 Å². The Bertz CT molecular complexity index is 338. The molecule has 0 atom stereocenters. The lowest BCUT2D eigenvalue weighted by atomic mass is 10.2. The van der Waals surface area contributed by atoms with E-state index < -0.39 is 5.75 Å². The number of phenols is 2. The van der Waals surface area contributed by atoms with Gasteiger partial charge >= 0.3 is 0 Å². The highest BCUT2D eigenvalue weighted by atomic mass is 79.9. The van der Waals surface area contributed by atoms with Crippen molar-refractivity contribution >= 4 is 33.8 Å². The Morgan fingerprint density at radius 1 is 1.42 bits per heavy atom. The first kappa shape index (κ1) is 9.35. The maximum Gasteiger partial charge on any atom is 0.153 e. The number of benzene rings is 1. The predicted molar refractivity (Wildman–Crippen MR) is 47.9 cm³/mol. The van der Waals surface area contributed by atoms with Crippen molar-refractivity contribution in [3.63, 3.8) is 0 Å². The normalized spacial score (nSPS) is 9.83. The maximum absolute atomic E-state index is 10.3. The van der Waals surface area contributed by atoms with Gasteiger partial charge in [-0.05, 0) is 22.0 Å². The molecule has 2 N–H and O–H groups in total. The van der Waals surface area contributed by atoms with Gasteiger partial charge in [0.1, 0.15) is 10.8 Å². The van der Waals surface area contributed by atoms with Gasteiger partial charge in [0.05, 0.1) is 10.0 Å². The summed E-state index contributed by atoms with van der Waals surface area (Å²) in [6.07, 6.45) is 0.450. The third kappa shape index (κ3) is 1.40. The largest absolute Gasteiger partial charge is 0.505 e. The average Bonchev–Trinajstić information content (AvgIpc) is 2.08. The molecule has 3 nitrogen and oxygen atoms in total. The van der Waals surface area contributed by atoms with E-state index in [1.807, 2.05) is 0 Å². The summed E-state index contributed by atoms with van der Waals surface area (Å²) in [7, 11) is 0. The van der Waals surface area contributed by atoms with E-state index >= 15 is 0 Å². The van der Waals surface area contributed by atoms with E-state index in [4.69, 9.17) is 21.8 Å². The summed E-state index contributed by atoms with van der Waals surface area (Å²) in [4.78, 5) is 10.3. The molecule has 0 radical (unpaired) electrons. The number of carbonyl (C=O) groups excluding carboxylic acids is 1. The van der Waals surface area contributed by atoms with Crippen LogP contribution in [0.3, 0.4) is 0 Å². The summed E-state index contributed by atoms with van der Waals surface area (Å²) in [5.74, 6) is -0.688. The first-order valence-corrected chi connectivity index (χ1v) is 4.10. The third-order valence-electron chi connectivity index (χ3n) is 1.32. The summed E-state index contributed by atoms with van der Waals surface area (Å²) < 4.78 is 0.271. The molecule has 0 aliphatic carbocycles. The summed E-state index contributed by atoms with van der Waals surface area (Å²) in [5, 5.41) is 18.1. The van der Waals surface area contributed by atoms with Gasteiger partial charge in [0, 0.05) is 0 Å². The molecule has 0 bridgehead atoms. The van der Waals surface area contributed by atoms with Gasteiger partial charge in [0.15, 0.2) is 12.0 Å². The van der Waals surface area contributed by atoms with Crippen LogP contribution in [0, 0.1) is 0 Å². The minimum atomic E-state index is -0.410. The van der Waals surface area contributed by atoms with Crippen LogP contribution in [0.1, 0.15) is 10.4 Å². The van der Waals surface area contributed by atoms with Crippen LogP contribution in [0.25, 0.3) is 0 Å². The predicted octanol–water partition coefficient (Wildman–Crippen LogP) is 2.33. The van der Waals surface area contributed by atoms with Gasteiger partial charge in [0.25, 0.3) is 0 Å². The molecule has 0 unspecified atom stereocenters. The lowest BCUT2D eigenvalue weighted by molar-refractivity contribution is 0.112. The molecule has 1 aromatic rings. The van der Waals surface area contributed by atoms with Gasteiger partial charge in [0.2, 0.25) is 0 Å². The van der Waals surface area contributed by atoms with Gasteiger partial charge in [-0.3, -0.25) is 4.79 Å². The van der Waals surface area contributed by atoms with Crippen LogP contribution in [0.5, 0.6) is 11.5 Å². The lowest BCUT2D eigenvalue weighted by Crippen LogP contribution is -1.83. The summed E-state index contributed by atoms with van der Waals surface area (Å²) in [6, 6.07) is 1.28. The molecule has 0 aliphatic heterocycles. The average molecular weight is 251 g/mol. The van der Waals surface area contributed by atoms with Crippen molar-refractivity contribution in [2.24, 2.45) is 0 Å². The summed E-state index contributed by atoms with van der Waals surface area (Å²) >= 11 is 8.45. The molecular weight excluding hydrogens is 247 g/mol. The molecule has 12 heavy (non-hydrogen) atoms. The molecule has 0 amide bonds. The van der Waals surface area contributed by atoms with Crippen molar-refractivity contribution in [2.45, 2.75) is 0 Å². The van der Waals surface area contributed by atoms with Crippen molar-refractivity contribution in [2.75, 3.05) is 0 Å². The molecule has 1 aromatic carbocycles. The second-order valence-corrected chi connectivity index (χ2v) is 3.31. The van der Waals surface area contributed by atoms with Crippen LogP contribution in [0.2, 0.25) is 5.02 Å². The van der Waals surface area contributed by atoms with E-state index in [0.29, 0.717) is 6.29 Å². The van der Waals surface area contributed by atoms with E-state index in [2.05, 4.69) is 15.9 Å². The standard InChI is InChI=1S/C7H4BrClO3/c8-4-1-3(2-10)6(11)5(9)7(4)12/h1-2,11-12H. The molecule has 0 heterocycles. The van der Waals surface area contributed by atoms with Gasteiger partial charge in [-0.1, -0.05) is 11.6 Å². The molecule has 0 fully saturated rings. The third-order valence-corrected chi connectivity index (χ3v) is 2.29. The first-order valence-electron chi connectivity index (χ1n) is 2.93. The second-order valence-electron chi connectivity index (χ2n) is 2.08. The zero-order valence-electron chi connectivity index (χ0n) is 5.71. The molecule has 0 saturated heterocycles. The Labute approximate surface area is 81.7 Å². The smallest absolute Gasteiger partial charge is 0.153 e. The van der Waals surface area contributed by atoms with Crippen LogP contribution in [-0.4, -0.2) is 16.5 Å². The number of aldehydes is 1. The topological polar surface area (TPSA) is 57.5 Å². The zero-order valence-corrected chi connectivity index (χ0v) is 8.06. The van der Waals surface area contributed by atoms with E-state index in [1.165, 1.54) is 6.07 Å². The minimum Gasteiger partial charge on any atom is -0.505 e. The quantitative estimate of drug-likeness (QED) is 0.753. The molecular formula is C7H4BrClO3. The van der Waals surface area contributed by atoms with Crippen molar-refractivity contribution in [1.29, 1.82) is 0 Å². The highest BCUT2D eigenvalue weighted by Crippen LogP contribution is 2.40. The van der Waals surface area contributed by atoms with E-state index in [1.54, 1.807) is 0 Å². The molecule has 0 aliphatic rings. The monoisotopic (exact) mass is 250 g/mol. The van der Waals surface area contributed by atoms with Gasteiger partial charge in [-0.15, -0.1) is 0 Å². The summed E-state index contributed by atoms with van der Waals surface area (Å²) in [5.41, 5.74) is 0.0321. The highest BCUT2D eigenvalue weighted by Gasteiger charge is 2.13. The number of phenolic OH excluding ortho intramolecular Hbond substituents is 2. The fraction of sp³-hybridized carbons (Fsp3) is 0. The Balaban J connectivity index is 3.49. The molecule has 5 heteroatoms. The summed E-state index contributed by atoms with van der Waals surface area (Å²) in [6.45, 7) is 0. The number of halogens is 2. The van der Waals surface area contributed by atoms with Crippen LogP contribution >= 0.6 is 27.5 Å². The molecule has 1 rings (SSSR count). The Morgan fingerprint density at radius 3 is 2.50 bits per heavy atom. The van der Waals surface area contributed by atoms with E-state index in [0.717, 1.165) is 0 Å². The van der Waals surface area contributed by atoms with Crippen LogP contribution in [0.15, 0.2) is 10.5 Å². The Hall–Kier alpha value is -0.740. The number of aromatic hydroxyl groups is 2. The van der Waals surface area contributed by atoms with Crippen LogP contribution in [-0.2, 0) is 0 Å². The Kier molecular flexibility index (Phi) is 2.59. The fourth-order valence-corrected chi connectivity index (χ4v) is 1.48. The first-order chi connectivity index (χ1) is 5.57. The zero-order chi connectivity index (χ0) is 9.30. The minimum absolute atomic E-state index is 0.0321. The molecule has 64 valence electrons. The Morgan fingerprint density at radius 2 is 2.00 bits per heavy atom. The fourth-order valence-electron chi connectivity index (χ4n) is 0.707. The van der Waals surface area contributed by atoms with E-state index in [9.17, 15) is 4.79 Å². The molecule has 0 aromatic heterocycles. The van der Waals surface area contributed by atoms with Crippen LogP contribution in [0.4, 0.5) is 0 Å². The van der Waals surface area contributed by atoms with Crippen molar-refractivity contribution < 1.29 is 15.0 Å². The maximum atomic E-state index is 10.3. The van der Waals surface area contributed by atoms with Gasteiger partial charge in [-0.25, -0.2) is 0 Å². The van der Waals surface area contributed by atoms with Crippen molar-refractivity contribution in [1.82, 2.24) is 0 Å². The van der Waals surface area contributed by atoms with Gasteiger partial charge in [-0.2, -0.15) is 0 Å². The lowest BCUT2D eigenvalue weighted by Gasteiger charge is -2.04. The number of carbonyl (C=O) groups is 1.